The van der Waals surface area contributed by atoms with Crippen molar-refractivity contribution in [1.29, 1.82) is 0 Å². The Morgan fingerprint density at radius 1 is 1.07 bits per heavy atom. The van der Waals surface area contributed by atoms with Gasteiger partial charge in [-0.2, -0.15) is 0 Å². The van der Waals surface area contributed by atoms with Crippen LogP contribution >= 0.6 is 0 Å². The second-order valence-electron chi connectivity index (χ2n) is 7.19. The summed E-state index contributed by atoms with van der Waals surface area (Å²) in [5.74, 6) is -0.124. The van der Waals surface area contributed by atoms with E-state index >= 15 is 0 Å². The number of carbonyl (C=O) groups is 1. The average molecular weight is 359 g/mol. The predicted octanol–water partition coefficient (Wildman–Crippen LogP) is 4.45. The molecule has 1 amide bonds. The smallest absolute Gasteiger partial charge is 0.291 e. The van der Waals surface area contributed by atoms with Crippen molar-refractivity contribution in [2.24, 2.45) is 0 Å². The highest BCUT2D eigenvalue weighted by Crippen LogP contribution is 2.38. The van der Waals surface area contributed by atoms with E-state index in [1.165, 1.54) is 0 Å². The molecule has 0 bridgehead atoms. The summed E-state index contributed by atoms with van der Waals surface area (Å²) in [5.41, 5.74) is 4.63. The number of aryl methyl sites for hydroxylation is 3. The van der Waals surface area contributed by atoms with E-state index in [4.69, 9.17) is 4.42 Å². The summed E-state index contributed by atoms with van der Waals surface area (Å²) in [6.45, 7) is 9.96. The van der Waals surface area contributed by atoms with Gasteiger partial charge in [-0.15, -0.1) is 6.58 Å². The minimum Gasteiger partial charge on any atom is -0.450 e. The van der Waals surface area contributed by atoms with Crippen molar-refractivity contribution < 1.29 is 9.21 Å². The first-order chi connectivity index (χ1) is 12.9. The summed E-state index contributed by atoms with van der Waals surface area (Å²) in [4.78, 5) is 28.1. The number of fused-ring (bicyclic) bond motifs is 2. The molecule has 1 aromatic heterocycles. The van der Waals surface area contributed by atoms with E-state index in [1.807, 2.05) is 57.2 Å². The van der Waals surface area contributed by atoms with E-state index in [0.29, 0.717) is 23.1 Å². The molecule has 0 N–H and O–H groups in total. The zero-order valence-corrected chi connectivity index (χ0v) is 15.7. The average Bonchev–Trinajstić information content (AvgIpc) is 2.90. The molecule has 2 aromatic carbocycles. The molecule has 1 aliphatic rings. The minimum absolute atomic E-state index is 0.136. The van der Waals surface area contributed by atoms with Gasteiger partial charge in [-0.25, -0.2) is 0 Å². The highest BCUT2D eigenvalue weighted by Gasteiger charge is 2.42. The second-order valence-corrected chi connectivity index (χ2v) is 7.19. The number of amides is 1. The van der Waals surface area contributed by atoms with Crippen LogP contribution in [0.4, 0.5) is 0 Å². The van der Waals surface area contributed by atoms with Crippen LogP contribution < -0.4 is 5.43 Å². The fraction of sp³-hybridized carbons (Fsp3) is 0.217. The largest absolute Gasteiger partial charge is 0.450 e. The van der Waals surface area contributed by atoms with E-state index in [9.17, 15) is 9.59 Å². The first kappa shape index (κ1) is 17.3. The molecule has 3 aromatic rings. The molecule has 136 valence electrons. The van der Waals surface area contributed by atoms with E-state index < -0.39 is 6.04 Å². The number of benzene rings is 2. The molecule has 4 nitrogen and oxygen atoms in total. The quantitative estimate of drug-likeness (QED) is 0.649. The van der Waals surface area contributed by atoms with Gasteiger partial charge in [0.1, 0.15) is 5.58 Å². The van der Waals surface area contributed by atoms with E-state index in [2.05, 4.69) is 6.58 Å². The van der Waals surface area contributed by atoms with Crippen LogP contribution in [-0.4, -0.2) is 17.4 Å². The maximum absolute atomic E-state index is 13.4. The molecule has 1 aliphatic heterocycles. The Hall–Kier alpha value is -3.14. The number of rotatable bonds is 3. The van der Waals surface area contributed by atoms with Crippen molar-refractivity contribution in [3.63, 3.8) is 0 Å². The molecule has 0 saturated heterocycles. The molecule has 4 rings (SSSR count). The fourth-order valence-electron chi connectivity index (χ4n) is 3.90. The van der Waals surface area contributed by atoms with E-state index in [0.717, 1.165) is 22.3 Å². The summed E-state index contributed by atoms with van der Waals surface area (Å²) >= 11 is 0. The maximum Gasteiger partial charge on any atom is 0.291 e. The number of carbonyl (C=O) groups excluding carboxylic acids is 1. The Morgan fingerprint density at radius 2 is 1.78 bits per heavy atom. The Balaban J connectivity index is 2.05. The van der Waals surface area contributed by atoms with Crippen molar-refractivity contribution in [2.45, 2.75) is 26.8 Å². The maximum atomic E-state index is 13.4. The van der Waals surface area contributed by atoms with Gasteiger partial charge in [0, 0.05) is 6.54 Å². The lowest BCUT2D eigenvalue weighted by atomic mass is 9.97. The van der Waals surface area contributed by atoms with Gasteiger partial charge in [0.2, 0.25) is 5.76 Å². The van der Waals surface area contributed by atoms with Crippen molar-refractivity contribution in [3.05, 3.63) is 92.9 Å². The van der Waals surface area contributed by atoms with Crippen LogP contribution in [0.25, 0.3) is 11.0 Å². The lowest BCUT2D eigenvalue weighted by molar-refractivity contribution is 0.0748. The highest BCUT2D eigenvalue weighted by atomic mass is 16.3. The zero-order chi connectivity index (χ0) is 19.3. The van der Waals surface area contributed by atoms with Crippen LogP contribution in [0.15, 0.2) is 58.3 Å². The molecule has 27 heavy (non-hydrogen) atoms. The van der Waals surface area contributed by atoms with E-state index in [1.54, 1.807) is 11.0 Å². The Bertz CT molecular complexity index is 1140. The summed E-state index contributed by atoms with van der Waals surface area (Å²) in [5, 5.41) is 0.525. The molecule has 0 radical (unpaired) electrons. The summed E-state index contributed by atoms with van der Waals surface area (Å²) < 4.78 is 6.01. The van der Waals surface area contributed by atoms with Crippen LogP contribution in [0.3, 0.4) is 0 Å². The molecule has 2 heterocycles. The minimum atomic E-state index is -0.465. The van der Waals surface area contributed by atoms with Gasteiger partial charge in [-0.1, -0.05) is 42.0 Å². The van der Waals surface area contributed by atoms with Crippen molar-refractivity contribution in [3.8, 4) is 0 Å². The Labute approximate surface area is 157 Å². The topological polar surface area (TPSA) is 50.5 Å². The molecule has 0 fully saturated rings. The van der Waals surface area contributed by atoms with Gasteiger partial charge in [-0.3, -0.25) is 9.59 Å². The second kappa shape index (κ2) is 6.23. The molecule has 1 atom stereocenters. The summed E-state index contributed by atoms with van der Waals surface area (Å²) in [7, 11) is 0. The van der Waals surface area contributed by atoms with Gasteiger partial charge < -0.3 is 9.32 Å². The van der Waals surface area contributed by atoms with Gasteiger partial charge in [0.15, 0.2) is 5.43 Å². The van der Waals surface area contributed by atoms with Crippen molar-refractivity contribution >= 4 is 16.9 Å². The predicted molar refractivity (Wildman–Crippen MR) is 106 cm³/mol. The van der Waals surface area contributed by atoms with Crippen LogP contribution in [0.1, 0.15) is 44.4 Å². The molecule has 0 aliphatic carbocycles. The van der Waals surface area contributed by atoms with Gasteiger partial charge >= 0.3 is 0 Å². The number of hydrogen-bond donors (Lipinski definition) is 0. The molecule has 0 spiro atoms. The first-order valence-corrected chi connectivity index (χ1v) is 8.98. The normalized spacial score (nSPS) is 16.0. The number of hydrogen-bond acceptors (Lipinski definition) is 3. The first-order valence-electron chi connectivity index (χ1n) is 8.98. The van der Waals surface area contributed by atoms with Crippen LogP contribution in [0.5, 0.6) is 0 Å². The third-order valence-corrected chi connectivity index (χ3v) is 5.12. The molecular formula is C23H21NO3. The molecule has 1 unspecified atom stereocenters. The Kier molecular flexibility index (Phi) is 3.99. The highest BCUT2D eigenvalue weighted by molar-refractivity contribution is 5.99. The molecular weight excluding hydrogens is 338 g/mol. The zero-order valence-electron chi connectivity index (χ0n) is 15.7. The summed E-state index contributed by atoms with van der Waals surface area (Å²) in [6.07, 6.45) is 1.67. The monoisotopic (exact) mass is 359 g/mol. The van der Waals surface area contributed by atoms with Gasteiger partial charge in [0.25, 0.3) is 5.91 Å². The molecule has 0 saturated carbocycles. The van der Waals surface area contributed by atoms with Crippen LogP contribution in [-0.2, 0) is 0 Å². The van der Waals surface area contributed by atoms with Crippen molar-refractivity contribution in [1.82, 2.24) is 4.90 Å². The third-order valence-electron chi connectivity index (χ3n) is 5.12. The SMILES string of the molecule is C=CCN1C(=O)c2oc3c(C)cc(C)cc3c(=O)c2C1c1ccc(C)cc1. The lowest BCUT2D eigenvalue weighted by Gasteiger charge is -2.23. The number of nitrogens with zero attached hydrogens (tertiary/aromatic N) is 1. The van der Waals surface area contributed by atoms with Crippen LogP contribution in [0.2, 0.25) is 0 Å². The Morgan fingerprint density at radius 3 is 2.44 bits per heavy atom. The molecule has 4 heteroatoms. The summed E-state index contributed by atoms with van der Waals surface area (Å²) in [6, 6.07) is 11.2. The van der Waals surface area contributed by atoms with Gasteiger partial charge in [-0.05, 0) is 43.5 Å². The standard InChI is InChI=1S/C23H21NO3/c1-5-10-24-19(16-8-6-13(2)7-9-16)18-20(25)17-12-14(3)11-15(4)21(17)27-22(18)23(24)26/h5-9,11-12,19H,1,10H2,2-4H3. The van der Waals surface area contributed by atoms with Gasteiger partial charge in [0.05, 0.1) is 17.0 Å². The third kappa shape index (κ3) is 2.60. The lowest BCUT2D eigenvalue weighted by Crippen LogP contribution is -2.29. The fourth-order valence-corrected chi connectivity index (χ4v) is 3.90. The van der Waals surface area contributed by atoms with Crippen molar-refractivity contribution in [2.75, 3.05) is 6.54 Å². The van der Waals surface area contributed by atoms with Crippen LogP contribution in [0, 0.1) is 20.8 Å². The van der Waals surface area contributed by atoms with E-state index in [-0.39, 0.29) is 17.1 Å².